The van der Waals surface area contributed by atoms with Gasteiger partial charge in [-0.1, -0.05) is 0 Å². The summed E-state index contributed by atoms with van der Waals surface area (Å²) in [7, 11) is -4.23. The molecule has 4 N–H and O–H groups in total. The van der Waals surface area contributed by atoms with Gasteiger partial charge < -0.3 is 24.8 Å². The minimum atomic E-state index is -4.23. The first-order chi connectivity index (χ1) is 10.3. The Bertz CT molecular complexity index is 779. The summed E-state index contributed by atoms with van der Waals surface area (Å²) in [4.78, 5) is 32.1. The maximum Gasteiger partial charge on any atom is 0.350 e. The van der Waals surface area contributed by atoms with E-state index < -0.39 is 20.0 Å². The Balaban J connectivity index is 2.25. The van der Waals surface area contributed by atoms with Gasteiger partial charge in [-0.05, 0) is 17.6 Å². The van der Waals surface area contributed by atoms with Crippen molar-refractivity contribution < 1.29 is 19.1 Å². The monoisotopic (exact) mass is 328 g/mol. The highest BCUT2D eigenvalue weighted by molar-refractivity contribution is 7.51. The summed E-state index contributed by atoms with van der Waals surface area (Å²) in [5.74, 6) is -0.0759. The molecule has 0 spiro atoms. The third-order valence-electron chi connectivity index (χ3n) is 2.58. The molecule has 0 aliphatic heterocycles. The molecule has 0 aromatic carbocycles. The minimum Gasteiger partial charge on any atom is -0.368 e. The van der Waals surface area contributed by atoms with Gasteiger partial charge in [0, 0.05) is 4.91 Å². The lowest BCUT2D eigenvalue weighted by Gasteiger charge is -2.14. The minimum absolute atomic E-state index is 0.00698. The van der Waals surface area contributed by atoms with Crippen LogP contribution in [0.3, 0.4) is 0 Å². The lowest BCUT2D eigenvalue weighted by molar-refractivity contribution is 0.0764. The van der Waals surface area contributed by atoms with Gasteiger partial charge in [-0.2, -0.15) is 4.98 Å². The van der Waals surface area contributed by atoms with E-state index in [1.54, 1.807) is 11.5 Å². The number of fused-ring (bicyclic) bond motifs is 1. The maximum absolute atomic E-state index is 10.8. The van der Waals surface area contributed by atoms with Gasteiger partial charge in [0.1, 0.15) is 11.9 Å². The smallest absolute Gasteiger partial charge is 0.350 e. The quantitative estimate of drug-likeness (QED) is 0.302. The number of azide groups is 1. The van der Waals surface area contributed by atoms with E-state index in [-0.39, 0.29) is 23.8 Å². The molecule has 1 unspecified atom stereocenters. The number of aromatic nitrogens is 4. The average Bonchev–Trinajstić information content (AvgIpc) is 2.79. The lowest BCUT2D eigenvalue weighted by atomic mass is 10.4. The van der Waals surface area contributed by atoms with E-state index in [1.165, 1.54) is 6.33 Å². The molecule has 1 atom stereocenters. The number of anilines is 1. The van der Waals surface area contributed by atoms with Crippen molar-refractivity contribution in [3.05, 3.63) is 16.8 Å². The van der Waals surface area contributed by atoms with Gasteiger partial charge in [0.05, 0.1) is 19.0 Å². The molecule has 2 heterocycles. The number of ether oxygens (including phenoxy) is 1. The van der Waals surface area contributed by atoms with Crippen LogP contribution in [0, 0.1) is 0 Å². The molecule has 2 aromatic heterocycles. The Morgan fingerprint density at radius 3 is 2.95 bits per heavy atom. The van der Waals surface area contributed by atoms with Crippen molar-refractivity contribution in [2.45, 2.75) is 19.6 Å². The Kier molecular flexibility index (Phi) is 4.59. The van der Waals surface area contributed by atoms with E-state index in [1.807, 2.05) is 0 Å². The molecule has 0 bridgehead atoms. The highest BCUT2D eigenvalue weighted by atomic mass is 31.2. The second-order valence-electron chi connectivity index (χ2n) is 4.44. The van der Waals surface area contributed by atoms with Crippen LogP contribution in [0.25, 0.3) is 21.6 Å². The molecule has 118 valence electrons. The van der Waals surface area contributed by atoms with E-state index in [2.05, 4.69) is 25.0 Å². The van der Waals surface area contributed by atoms with Gasteiger partial charge in [-0.3, -0.25) is 4.57 Å². The Hall–Kier alpha value is -2.23. The molecular formula is C9H13N8O4P. The summed E-state index contributed by atoms with van der Waals surface area (Å²) in [5, 5.41) is 3.40. The molecule has 0 amide bonds. The average molecular weight is 328 g/mol. The largest absolute Gasteiger partial charge is 0.368 e. The van der Waals surface area contributed by atoms with Crippen molar-refractivity contribution >= 4 is 30.5 Å². The van der Waals surface area contributed by atoms with Gasteiger partial charge in [0.2, 0.25) is 5.95 Å². The standard InChI is InChI=1S/C9H13N8O4P/c1-5(21-4-22(18,19)20)2-17-3-12-6-7(15-16-11)13-9(10)14-8(6)17/h3,5H,2,4H2,1H3,(H2,10,13,14)(H2,18,19,20). The molecule has 2 aromatic rings. The molecule has 0 radical (unpaired) electrons. The SMILES string of the molecule is CC(Cn1cnc2c(N=[N+]=[N-])nc(N)nc21)OCP(=O)(O)O. The molecule has 0 saturated carbocycles. The van der Waals surface area contributed by atoms with Crippen LogP contribution in [0.2, 0.25) is 0 Å². The van der Waals surface area contributed by atoms with Gasteiger partial charge in [0.25, 0.3) is 0 Å². The van der Waals surface area contributed by atoms with Crippen molar-refractivity contribution in [3.63, 3.8) is 0 Å². The highest BCUT2D eigenvalue weighted by Gasteiger charge is 2.17. The van der Waals surface area contributed by atoms with E-state index in [0.717, 1.165) is 0 Å². The number of nitrogens with zero attached hydrogens (tertiary/aromatic N) is 7. The van der Waals surface area contributed by atoms with Gasteiger partial charge in [-0.15, -0.1) is 0 Å². The van der Waals surface area contributed by atoms with Crippen LogP contribution >= 0.6 is 7.60 Å². The number of rotatable bonds is 6. The summed E-state index contributed by atoms with van der Waals surface area (Å²) in [5.41, 5.74) is 14.7. The van der Waals surface area contributed by atoms with E-state index in [0.29, 0.717) is 5.65 Å². The first-order valence-corrected chi connectivity index (χ1v) is 7.79. The third-order valence-corrected chi connectivity index (χ3v) is 3.07. The summed E-state index contributed by atoms with van der Waals surface area (Å²) in [6, 6.07) is 0. The lowest BCUT2D eigenvalue weighted by Crippen LogP contribution is -2.17. The van der Waals surface area contributed by atoms with Crippen LogP contribution in [-0.2, 0) is 15.8 Å². The van der Waals surface area contributed by atoms with Crippen molar-refractivity contribution in [1.82, 2.24) is 19.5 Å². The molecule has 12 nitrogen and oxygen atoms in total. The molecule has 0 aliphatic rings. The van der Waals surface area contributed by atoms with Gasteiger partial charge in [0.15, 0.2) is 11.5 Å². The fourth-order valence-corrected chi connectivity index (χ4v) is 2.19. The molecule has 13 heteroatoms. The zero-order valence-corrected chi connectivity index (χ0v) is 12.3. The third kappa shape index (κ3) is 3.91. The van der Waals surface area contributed by atoms with Crippen LogP contribution in [0.1, 0.15) is 6.92 Å². The second-order valence-corrected chi connectivity index (χ2v) is 6.02. The van der Waals surface area contributed by atoms with Crippen LogP contribution in [-0.4, -0.2) is 41.8 Å². The number of nitrogen functional groups attached to an aromatic ring is 1. The van der Waals surface area contributed by atoms with Crippen molar-refractivity contribution in [3.8, 4) is 0 Å². The first kappa shape index (κ1) is 16.1. The van der Waals surface area contributed by atoms with Crippen molar-refractivity contribution in [1.29, 1.82) is 0 Å². The first-order valence-electron chi connectivity index (χ1n) is 6.00. The fourth-order valence-electron chi connectivity index (χ4n) is 1.75. The Morgan fingerprint density at radius 1 is 1.59 bits per heavy atom. The molecular weight excluding hydrogens is 315 g/mol. The summed E-state index contributed by atoms with van der Waals surface area (Å²) >= 11 is 0. The molecule has 22 heavy (non-hydrogen) atoms. The molecule has 0 saturated heterocycles. The van der Waals surface area contributed by atoms with E-state index in [9.17, 15) is 4.57 Å². The van der Waals surface area contributed by atoms with Crippen LogP contribution in [0.15, 0.2) is 11.4 Å². The zero-order chi connectivity index (χ0) is 16.3. The van der Waals surface area contributed by atoms with Crippen molar-refractivity contribution in [2.75, 3.05) is 12.1 Å². The summed E-state index contributed by atoms with van der Waals surface area (Å²) in [6.45, 7) is 1.86. The van der Waals surface area contributed by atoms with Gasteiger partial charge >= 0.3 is 7.60 Å². The number of nitrogens with two attached hydrogens (primary N) is 1. The van der Waals surface area contributed by atoms with E-state index in [4.69, 9.17) is 25.8 Å². The highest BCUT2D eigenvalue weighted by Crippen LogP contribution is 2.34. The zero-order valence-electron chi connectivity index (χ0n) is 11.4. The number of hydrogen-bond acceptors (Lipinski definition) is 7. The molecule has 0 fully saturated rings. The van der Waals surface area contributed by atoms with Gasteiger partial charge in [-0.25, -0.2) is 9.97 Å². The number of imidazole rings is 1. The van der Waals surface area contributed by atoms with Crippen LogP contribution < -0.4 is 5.73 Å². The predicted molar refractivity (Wildman–Crippen MR) is 76.0 cm³/mol. The Labute approximate surface area is 123 Å². The predicted octanol–water partition coefficient (Wildman–Crippen LogP) is 0.891. The second kappa shape index (κ2) is 6.26. The summed E-state index contributed by atoms with van der Waals surface area (Å²) in [6.07, 6.45) is 0.234. The molecule has 2 rings (SSSR count). The fraction of sp³-hybridized carbons (Fsp3) is 0.444. The van der Waals surface area contributed by atoms with Crippen LogP contribution in [0.4, 0.5) is 11.8 Å². The van der Waals surface area contributed by atoms with Crippen molar-refractivity contribution in [2.24, 2.45) is 5.11 Å². The normalized spacial score (nSPS) is 13.0. The molecule has 0 aliphatic carbocycles. The Morgan fingerprint density at radius 2 is 2.32 bits per heavy atom. The van der Waals surface area contributed by atoms with E-state index >= 15 is 0 Å². The van der Waals surface area contributed by atoms with Crippen LogP contribution in [0.5, 0.6) is 0 Å². The number of hydrogen-bond donors (Lipinski definition) is 3. The summed E-state index contributed by atoms with van der Waals surface area (Å²) < 4.78 is 17.4. The topological polar surface area (TPSA) is 185 Å². The maximum atomic E-state index is 10.8.